The lowest BCUT2D eigenvalue weighted by atomic mass is 9.99. The van der Waals surface area contributed by atoms with Crippen molar-refractivity contribution < 1.29 is 33.8 Å². The van der Waals surface area contributed by atoms with Crippen molar-refractivity contribution in [2.24, 2.45) is 0 Å². The fourth-order valence-electron chi connectivity index (χ4n) is 6.09. The molecule has 3 atom stereocenters. The number of benzene rings is 4. The van der Waals surface area contributed by atoms with Gasteiger partial charge in [0, 0.05) is 5.75 Å². The first-order chi connectivity index (χ1) is 25.5. The molecule has 6 rings (SSSR count). The number of amides is 3. The van der Waals surface area contributed by atoms with Gasteiger partial charge < -0.3 is 25.2 Å². The van der Waals surface area contributed by atoms with Gasteiger partial charge in [-0.15, -0.1) is 11.8 Å². The van der Waals surface area contributed by atoms with E-state index in [0.29, 0.717) is 23.3 Å². The molecule has 3 amide bonds. The van der Waals surface area contributed by atoms with E-state index < -0.39 is 53.0 Å². The minimum atomic E-state index is -1.24. The Labute approximate surface area is 312 Å². The van der Waals surface area contributed by atoms with E-state index in [0.717, 1.165) is 16.7 Å². The Balaban J connectivity index is 1.28. The fourth-order valence-corrected chi connectivity index (χ4v) is 7.41. The molecule has 53 heavy (non-hydrogen) atoms. The highest BCUT2D eigenvalue weighted by molar-refractivity contribution is 8.00. The van der Waals surface area contributed by atoms with Crippen LogP contribution < -0.4 is 10.6 Å². The second-order valence-corrected chi connectivity index (χ2v) is 14.7. The number of aromatic hydroxyl groups is 1. The van der Waals surface area contributed by atoms with Crippen molar-refractivity contribution in [1.29, 1.82) is 0 Å². The van der Waals surface area contributed by atoms with Crippen molar-refractivity contribution in [1.82, 2.24) is 15.5 Å². The number of esters is 1. The summed E-state index contributed by atoms with van der Waals surface area (Å²) >= 11 is 1.41. The third kappa shape index (κ3) is 8.99. The summed E-state index contributed by atoms with van der Waals surface area (Å²) in [7, 11) is 0. The van der Waals surface area contributed by atoms with E-state index >= 15 is 0 Å². The lowest BCUT2D eigenvalue weighted by Crippen LogP contribution is -2.71. The summed E-state index contributed by atoms with van der Waals surface area (Å²) < 4.78 is 11.7. The Kier molecular flexibility index (Phi) is 11.3. The Bertz CT molecular complexity index is 1960. The summed E-state index contributed by atoms with van der Waals surface area (Å²) in [6.45, 7) is 5.10. The number of allylic oxidation sites excluding steroid dienone is 2. The van der Waals surface area contributed by atoms with Crippen molar-refractivity contribution in [3.63, 3.8) is 0 Å². The molecule has 4 aromatic carbocycles. The van der Waals surface area contributed by atoms with E-state index in [4.69, 9.17) is 9.47 Å². The second-order valence-electron chi connectivity index (χ2n) is 13.6. The molecule has 2 heterocycles. The van der Waals surface area contributed by atoms with Crippen LogP contribution in [0.25, 0.3) is 0 Å². The summed E-state index contributed by atoms with van der Waals surface area (Å²) in [4.78, 5) is 56.4. The number of phenols is 1. The first-order valence-electron chi connectivity index (χ1n) is 17.3. The van der Waals surface area contributed by atoms with Crippen LogP contribution in [0, 0.1) is 0 Å². The number of carbonyl (C=O) groups is 4. The topological polar surface area (TPSA) is 134 Å². The summed E-state index contributed by atoms with van der Waals surface area (Å²) in [5.74, 6) is -1.46. The zero-order valence-electron chi connectivity index (χ0n) is 29.6. The molecule has 0 aliphatic carbocycles. The maximum atomic E-state index is 14.3. The number of rotatable bonds is 11. The summed E-state index contributed by atoms with van der Waals surface area (Å²) in [6, 6.07) is 32.3. The van der Waals surface area contributed by atoms with Gasteiger partial charge in [0.25, 0.3) is 5.91 Å². The summed E-state index contributed by atoms with van der Waals surface area (Å²) in [6.07, 6.45) is 2.87. The van der Waals surface area contributed by atoms with Gasteiger partial charge in [0.05, 0.1) is 0 Å². The molecule has 0 bridgehead atoms. The van der Waals surface area contributed by atoms with Crippen LogP contribution in [-0.2, 0) is 30.3 Å². The Morgan fingerprint density at radius 1 is 0.868 bits per heavy atom. The number of nitrogens with one attached hydrogen (secondary N) is 2. The van der Waals surface area contributed by atoms with Crippen molar-refractivity contribution >= 4 is 35.6 Å². The normalized spacial score (nSPS) is 17.5. The number of alkyl carbamates (subject to hydrolysis) is 1. The molecule has 1 fully saturated rings. The minimum Gasteiger partial charge on any atom is -0.508 e. The quantitative estimate of drug-likeness (QED) is 0.114. The zero-order valence-corrected chi connectivity index (χ0v) is 30.4. The summed E-state index contributed by atoms with van der Waals surface area (Å²) in [5.41, 5.74) is 2.92. The lowest BCUT2D eigenvalue weighted by Gasteiger charge is -2.49. The predicted molar refractivity (Wildman–Crippen MR) is 202 cm³/mol. The molecular formula is C42H41N3O7S. The van der Waals surface area contributed by atoms with Crippen LogP contribution >= 0.6 is 11.8 Å². The molecule has 0 radical (unpaired) electrons. The van der Waals surface area contributed by atoms with Gasteiger partial charge in [0.15, 0.2) is 6.10 Å². The molecule has 0 spiro atoms. The smallest absolute Gasteiger partial charge is 0.408 e. The number of carbonyl (C=O) groups excluding carboxylic acids is 4. The number of hydrogen-bond donors (Lipinski definition) is 3. The van der Waals surface area contributed by atoms with Crippen LogP contribution in [0.2, 0.25) is 0 Å². The molecule has 0 aromatic heterocycles. The third-order valence-electron chi connectivity index (χ3n) is 8.58. The summed E-state index contributed by atoms with van der Waals surface area (Å²) in [5, 5.41) is 14.6. The van der Waals surface area contributed by atoms with E-state index in [1.165, 1.54) is 40.9 Å². The van der Waals surface area contributed by atoms with Gasteiger partial charge in [-0.1, -0.05) is 115 Å². The highest BCUT2D eigenvalue weighted by atomic mass is 32.2. The molecule has 272 valence electrons. The van der Waals surface area contributed by atoms with E-state index in [1.54, 1.807) is 20.8 Å². The van der Waals surface area contributed by atoms with Crippen molar-refractivity contribution in [2.45, 2.75) is 56.4 Å². The number of ether oxygens (including phenoxy) is 2. The average Bonchev–Trinajstić information content (AvgIpc) is 3.15. The predicted octanol–water partition coefficient (Wildman–Crippen LogP) is 6.74. The van der Waals surface area contributed by atoms with Crippen LogP contribution in [0.4, 0.5) is 4.79 Å². The molecular weight excluding hydrogens is 691 g/mol. The van der Waals surface area contributed by atoms with Crippen LogP contribution in [0.15, 0.2) is 139 Å². The van der Waals surface area contributed by atoms with Crippen molar-refractivity contribution in [3.05, 3.63) is 161 Å². The van der Waals surface area contributed by atoms with Gasteiger partial charge in [0.1, 0.15) is 34.5 Å². The average molecular weight is 732 g/mol. The molecule has 10 nitrogen and oxygen atoms in total. The standard InChI is InChI=1S/C42H41N3O7S/c1-42(2,3)52-41(50)44-33(28-22-24-32(46)25-23-28)37(47)43-34-38(48)45-35(31(26-53-39(34)45)21-13-16-27-14-7-4-8-15-27)40(49)51-36(29-17-9-5-10-18-29)30-19-11-6-12-20-30/h4-15,17-25,33-34,36,39,46H,16,26H2,1-3H3,(H,43,47)(H,44,50)/b21-13-/t33?,34-,39-/m1/s1. The van der Waals surface area contributed by atoms with E-state index in [2.05, 4.69) is 10.6 Å². The van der Waals surface area contributed by atoms with Crippen LogP contribution in [0.3, 0.4) is 0 Å². The monoisotopic (exact) mass is 731 g/mol. The Hall–Kier alpha value is -5.81. The largest absolute Gasteiger partial charge is 0.508 e. The van der Waals surface area contributed by atoms with Crippen molar-refractivity contribution in [3.8, 4) is 5.75 Å². The Morgan fingerprint density at radius 3 is 2.04 bits per heavy atom. The number of fused-ring (bicyclic) bond motifs is 1. The maximum Gasteiger partial charge on any atom is 0.408 e. The van der Waals surface area contributed by atoms with Crippen LogP contribution in [0.1, 0.15) is 55.2 Å². The first-order valence-corrected chi connectivity index (χ1v) is 18.3. The number of phenolic OH excluding ortho intramolecular Hbond substituents is 1. The van der Waals surface area contributed by atoms with E-state index in [-0.39, 0.29) is 11.4 Å². The molecule has 3 N–H and O–H groups in total. The van der Waals surface area contributed by atoms with E-state index in [9.17, 15) is 24.3 Å². The minimum absolute atomic E-state index is 0.0183. The van der Waals surface area contributed by atoms with E-state index in [1.807, 2.05) is 103 Å². The number of thioether (sulfide) groups is 1. The fraction of sp³-hybridized carbons (Fsp3) is 0.238. The number of β-lactam (4-membered cyclic amide) rings is 1. The maximum absolute atomic E-state index is 14.3. The number of nitrogens with zero attached hydrogens (tertiary/aromatic N) is 1. The molecule has 0 saturated carbocycles. The second kappa shape index (κ2) is 16.2. The molecule has 2 aliphatic rings. The van der Waals surface area contributed by atoms with Gasteiger partial charge in [-0.2, -0.15) is 0 Å². The van der Waals surface area contributed by atoms with Crippen LogP contribution in [-0.4, -0.2) is 56.7 Å². The third-order valence-corrected chi connectivity index (χ3v) is 9.89. The van der Waals surface area contributed by atoms with Crippen LogP contribution in [0.5, 0.6) is 5.75 Å². The SMILES string of the molecule is CC(C)(C)OC(=O)NC(C(=O)N[C@@H]1C(=O)N2C(C(=O)OC(c3ccccc3)c3ccccc3)=C(/C=C\Cc3ccccc3)CS[C@H]12)c1ccc(O)cc1. The molecule has 11 heteroatoms. The van der Waals surface area contributed by atoms with Gasteiger partial charge in [-0.3, -0.25) is 14.5 Å². The highest BCUT2D eigenvalue weighted by Gasteiger charge is 2.55. The molecule has 1 unspecified atom stereocenters. The number of hydrogen-bond acceptors (Lipinski definition) is 8. The Morgan fingerprint density at radius 2 is 1.45 bits per heavy atom. The first kappa shape index (κ1) is 37.0. The van der Waals surface area contributed by atoms with Gasteiger partial charge in [0.2, 0.25) is 5.91 Å². The highest BCUT2D eigenvalue weighted by Crippen LogP contribution is 2.42. The lowest BCUT2D eigenvalue weighted by molar-refractivity contribution is -0.154. The molecule has 2 aliphatic heterocycles. The molecule has 1 saturated heterocycles. The zero-order chi connectivity index (χ0) is 37.5. The molecule has 4 aromatic rings. The van der Waals surface area contributed by atoms with Gasteiger partial charge in [-0.05, 0) is 67.2 Å². The van der Waals surface area contributed by atoms with Crippen molar-refractivity contribution in [2.75, 3.05) is 5.75 Å². The van der Waals surface area contributed by atoms with Gasteiger partial charge >= 0.3 is 12.1 Å². The van der Waals surface area contributed by atoms with Gasteiger partial charge in [-0.25, -0.2) is 9.59 Å².